The van der Waals surface area contributed by atoms with Gasteiger partial charge in [-0.2, -0.15) is 0 Å². The van der Waals surface area contributed by atoms with E-state index in [1.165, 1.54) is 0 Å². The SMILES string of the molecule is Cc1cc2c(cc1C#Cc1nccc3cnc(Cl)cc13)N(C(=O)OC(C)(C)C)C(=O)C2(C)C. The van der Waals surface area contributed by atoms with Crippen molar-refractivity contribution in [2.24, 2.45) is 0 Å². The molecular formula is C26H24ClN3O3. The summed E-state index contributed by atoms with van der Waals surface area (Å²) in [5.41, 5.74) is 1.82. The van der Waals surface area contributed by atoms with Crippen LogP contribution in [0.4, 0.5) is 10.5 Å². The highest BCUT2D eigenvalue weighted by Gasteiger charge is 2.48. The summed E-state index contributed by atoms with van der Waals surface area (Å²) in [6.07, 6.45) is 2.65. The summed E-state index contributed by atoms with van der Waals surface area (Å²) in [6, 6.07) is 7.26. The number of aromatic nitrogens is 2. The van der Waals surface area contributed by atoms with Gasteiger partial charge in [-0.3, -0.25) is 4.79 Å². The van der Waals surface area contributed by atoms with Crippen molar-refractivity contribution in [2.45, 2.75) is 52.6 Å². The maximum absolute atomic E-state index is 13.2. The zero-order valence-electron chi connectivity index (χ0n) is 19.4. The van der Waals surface area contributed by atoms with Gasteiger partial charge in [0, 0.05) is 28.7 Å². The number of carbonyl (C=O) groups is 2. The van der Waals surface area contributed by atoms with Gasteiger partial charge in [0.05, 0.1) is 11.1 Å². The number of aryl methyl sites for hydroxylation is 1. The first-order valence-electron chi connectivity index (χ1n) is 10.5. The van der Waals surface area contributed by atoms with Crippen LogP contribution in [0.25, 0.3) is 10.8 Å². The molecule has 168 valence electrons. The Kier molecular flexibility index (Phi) is 5.42. The lowest BCUT2D eigenvalue weighted by Gasteiger charge is -2.24. The summed E-state index contributed by atoms with van der Waals surface area (Å²) in [6.45, 7) is 10.8. The molecule has 1 aliphatic rings. The van der Waals surface area contributed by atoms with Gasteiger partial charge in [-0.15, -0.1) is 0 Å². The van der Waals surface area contributed by atoms with E-state index < -0.39 is 17.1 Å². The second-order valence-corrected chi connectivity index (χ2v) is 9.96. The second-order valence-electron chi connectivity index (χ2n) is 9.57. The molecule has 0 bridgehead atoms. The number of rotatable bonds is 0. The van der Waals surface area contributed by atoms with Crippen molar-refractivity contribution in [1.82, 2.24) is 9.97 Å². The van der Waals surface area contributed by atoms with Crippen LogP contribution in [0.1, 0.15) is 57.0 Å². The van der Waals surface area contributed by atoms with E-state index in [0.29, 0.717) is 22.1 Å². The number of hydrogen-bond donors (Lipinski definition) is 0. The first-order chi connectivity index (χ1) is 15.4. The third-order valence-electron chi connectivity index (χ3n) is 5.50. The van der Waals surface area contributed by atoms with Crippen LogP contribution in [-0.4, -0.2) is 27.6 Å². The van der Waals surface area contributed by atoms with Crippen LogP contribution in [0.15, 0.2) is 36.7 Å². The number of pyridine rings is 2. The maximum atomic E-state index is 13.2. The quantitative estimate of drug-likeness (QED) is 0.324. The highest BCUT2D eigenvalue weighted by atomic mass is 35.5. The third-order valence-corrected chi connectivity index (χ3v) is 5.71. The predicted molar refractivity (Wildman–Crippen MR) is 128 cm³/mol. The van der Waals surface area contributed by atoms with Gasteiger partial charge in [0.25, 0.3) is 0 Å². The molecule has 1 aliphatic heterocycles. The van der Waals surface area contributed by atoms with Crippen molar-refractivity contribution in [1.29, 1.82) is 0 Å². The minimum absolute atomic E-state index is 0.325. The Morgan fingerprint density at radius 1 is 1.15 bits per heavy atom. The Bertz CT molecular complexity index is 1380. The topological polar surface area (TPSA) is 72.4 Å². The van der Waals surface area contributed by atoms with Crippen molar-refractivity contribution in [2.75, 3.05) is 4.90 Å². The molecule has 2 amide bonds. The van der Waals surface area contributed by atoms with Crippen LogP contribution in [0, 0.1) is 18.8 Å². The zero-order valence-corrected chi connectivity index (χ0v) is 20.2. The summed E-state index contributed by atoms with van der Waals surface area (Å²) in [7, 11) is 0. The number of ether oxygens (including phenoxy) is 1. The molecule has 3 aromatic rings. The van der Waals surface area contributed by atoms with E-state index in [1.54, 1.807) is 59.1 Å². The molecule has 0 atom stereocenters. The first kappa shape index (κ1) is 22.8. The van der Waals surface area contributed by atoms with Crippen LogP contribution in [0.3, 0.4) is 0 Å². The molecule has 0 fully saturated rings. The van der Waals surface area contributed by atoms with E-state index in [2.05, 4.69) is 21.8 Å². The van der Waals surface area contributed by atoms with Gasteiger partial charge >= 0.3 is 6.09 Å². The van der Waals surface area contributed by atoms with Crippen molar-refractivity contribution >= 4 is 40.1 Å². The summed E-state index contributed by atoms with van der Waals surface area (Å²) in [4.78, 5) is 35.6. The van der Waals surface area contributed by atoms with E-state index >= 15 is 0 Å². The van der Waals surface area contributed by atoms with Crippen molar-refractivity contribution < 1.29 is 14.3 Å². The average molecular weight is 462 g/mol. The minimum Gasteiger partial charge on any atom is -0.443 e. The van der Waals surface area contributed by atoms with Gasteiger partial charge in [-0.05, 0) is 76.8 Å². The number of nitrogens with zero attached hydrogens (tertiary/aromatic N) is 3. The number of benzene rings is 1. The lowest BCUT2D eigenvalue weighted by Crippen LogP contribution is -2.43. The molecule has 0 spiro atoms. The highest BCUT2D eigenvalue weighted by molar-refractivity contribution is 6.30. The number of halogens is 1. The number of fused-ring (bicyclic) bond motifs is 2. The fourth-order valence-electron chi connectivity index (χ4n) is 3.78. The normalized spacial score (nSPS) is 14.6. The molecule has 0 radical (unpaired) electrons. The maximum Gasteiger partial charge on any atom is 0.421 e. The summed E-state index contributed by atoms with van der Waals surface area (Å²) in [5.74, 6) is 5.94. The van der Waals surface area contributed by atoms with Gasteiger partial charge < -0.3 is 4.74 Å². The van der Waals surface area contributed by atoms with Crippen LogP contribution in [0.2, 0.25) is 5.15 Å². The second kappa shape index (κ2) is 7.86. The fourth-order valence-corrected chi connectivity index (χ4v) is 3.93. The van der Waals surface area contributed by atoms with Gasteiger partial charge in [-0.1, -0.05) is 23.6 Å². The Balaban J connectivity index is 1.81. The van der Waals surface area contributed by atoms with Crippen molar-refractivity contribution in [3.63, 3.8) is 0 Å². The molecule has 7 heteroatoms. The van der Waals surface area contributed by atoms with Crippen LogP contribution < -0.4 is 4.90 Å². The number of imide groups is 1. The number of anilines is 1. The molecule has 0 unspecified atom stereocenters. The van der Waals surface area contributed by atoms with Gasteiger partial charge in [0.15, 0.2) is 0 Å². The minimum atomic E-state index is -0.857. The van der Waals surface area contributed by atoms with E-state index in [0.717, 1.165) is 26.8 Å². The van der Waals surface area contributed by atoms with Crippen LogP contribution >= 0.6 is 11.6 Å². The molecule has 1 aromatic carbocycles. The molecule has 0 N–H and O–H groups in total. The molecule has 33 heavy (non-hydrogen) atoms. The summed E-state index contributed by atoms with van der Waals surface area (Å²) >= 11 is 6.06. The summed E-state index contributed by atoms with van der Waals surface area (Å²) < 4.78 is 5.50. The molecule has 3 heterocycles. The molecular weight excluding hydrogens is 438 g/mol. The van der Waals surface area contributed by atoms with Gasteiger partial charge in [0.1, 0.15) is 16.4 Å². The zero-order chi connectivity index (χ0) is 24.1. The van der Waals surface area contributed by atoms with Crippen molar-refractivity contribution in [3.8, 4) is 11.8 Å². The molecule has 0 saturated heterocycles. The number of carbonyl (C=O) groups excluding carboxylic acids is 2. The van der Waals surface area contributed by atoms with E-state index in [9.17, 15) is 9.59 Å². The van der Waals surface area contributed by atoms with Crippen LogP contribution in [0.5, 0.6) is 0 Å². The van der Waals surface area contributed by atoms with Crippen LogP contribution in [-0.2, 0) is 14.9 Å². The average Bonchev–Trinajstić information content (AvgIpc) is 2.90. The predicted octanol–water partition coefficient (Wildman–Crippen LogP) is 5.55. The van der Waals surface area contributed by atoms with E-state index in [1.807, 2.05) is 19.1 Å². The smallest absolute Gasteiger partial charge is 0.421 e. The Morgan fingerprint density at radius 3 is 2.58 bits per heavy atom. The number of hydrogen-bond acceptors (Lipinski definition) is 5. The third kappa shape index (κ3) is 4.17. The molecule has 2 aromatic heterocycles. The lowest BCUT2D eigenvalue weighted by molar-refractivity contribution is -0.121. The van der Waals surface area contributed by atoms with Gasteiger partial charge in [0.2, 0.25) is 5.91 Å². The Morgan fingerprint density at radius 2 is 1.88 bits per heavy atom. The standard InChI is InChI=1S/C26H24ClN3O3/c1-15-11-19-21(30(23(31)26(19,5)6)24(32)33-25(2,3)4)12-16(15)7-8-20-18-13-22(27)29-14-17(18)9-10-28-20/h9-14H,1-6H3. The molecule has 0 aliphatic carbocycles. The first-order valence-corrected chi connectivity index (χ1v) is 10.9. The highest BCUT2D eigenvalue weighted by Crippen LogP contribution is 2.43. The largest absolute Gasteiger partial charge is 0.443 e. The molecule has 4 rings (SSSR count). The Hall–Kier alpha value is -3.43. The summed E-state index contributed by atoms with van der Waals surface area (Å²) in [5, 5.41) is 2.05. The lowest BCUT2D eigenvalue weighted by atomic mass is 9.84. The van der Waals surface area contributed by atoms with Gasteiger partial charge in [-0.25, -0.2) is 19.7 Å². The van der Waals surface area contributed by atoms with E-state index in [4.69, 9.17) is 16.3 Å². The number of amides is 2. The van der Waals surface area contributed by atoms with E-state index in [-0.39, 0.29) is 5.91 Å². The monoisotopic (exact) mass is 461 g/mol. The Labute approximate surface area is 197 Å². The molecule has 6 nitrogen and oxygen atoms in total. The fraction of sp³-hybridized carbons (Fsp3) is 0.308. The molecule has 0 saturated carbocycles. The van der Waals surface area contributed by atoms with Crippen molar-refractivity contribution in [3.05, 3.63) is 64.2 Å².